The maximum atomic E-state index is 12.0. The number of ether oxygens (including phenoxy) is 11. The summed E-state index contributed by atoms with van der Waals surface area (Å²) >= 11 is 0. The van der Waals surface area contributed by atoms with Gasteiger partial charge in [-0.05, 0) is 136 Å². The van der Waals surface area contributed by atoms with Crippen LogP contribution in [0.2, 0.25) is 0 Å². The molecule has 5 rings (SSSR count). The molecule has 5 heterocycles. The summed E-state index contributed by atoms with van der Waals surface area (Å²) in [7, 11) is 0. The lowest BCUT2D eigenvalue weighted by molar-refractivity contribution is -0.188. The van der Waals surface area contributed by atoms with E-state index in [9.17, 15) is 52.7 Å². The van der Waals surface area contributed by atoms with Crippen molar-refractivity contribution in [1.82, 2.24) is 0 Å². The van der Waals surface area contributed by atoms with Crippen LogP contribution >= 0.6 is 0 Å². The van der Waals surface area contributed by atoms with Crippen molar-refractivity contribution >= 4 is 65.7 Å². The lowest BCUT2D eigenvalue weighted by Crippen LogP contribution is -2.44. The largest absolute Gasteiger partial charge is 0.465 e. The second kappa shape index (κ2) is 43.8. The highest BCUT2D eigenvalue weighted by Crippen LogP contribution is 2.34. The minimum absolute atomic E-state index is 0. The van der Waals surface area contributed by atoms with E-state index >= 15 is 0 Å². The van der Waals surface area contributed by atoms with Gasteiger partial charge >= 0.3 is 65.7 Å². The molecule has 0 aromatic carbocycles. The Morgan fingerprint density at radius 1 is 0.422 bits per heavy atom. The molecule has 0 aromatic heterocycles. The summed E-state index contributed by atoms with van der Waals surface area (Å²) in [6.45, 7) is 37.3. The van der Waals surface area contributed by atoms with Crippen LogP contribution in [0.15, 0.2) is 0 Å². The molecule has 0 spiro atoms. The van der Waals surface area contributed by atoms with E-state index in [-0.39, 0.29) is 161 Å². The number of cyclic esters (lactones) is 5. The maximum Gasteiger partial charge on any atom is 0.350 e. The van der Waals surface area contributed by atoms with Gasteiger partial charge in [-0.1, -0.05) is 109 Å². The molecule has 0 aliphatic carbocycles. The molecule has 538 valence electrons. The standard InChI is InChI=1S/C14H22O6.C13H22O4.C11H18O4.2C10H16O4.10CH4/c1-6-13(2,3)11(16)20-14(4,5)12(17)19-9-7-8-18-10(9)15;1-6-12(2,3)11(15)17-13(4,5)9-7-10(14)16-8-9;1-5-10(2,3)9(13)15-11(4)6-8(12)14-7-11;1-4-10(2,3)9(12)14-7-5-8(11)13-6-7;1-4-10(2,3)9(12)14-7-5-6-13-8(7)11;;;;;;;;;;/h9H,6-8H2,1-5H3;9H,6-8H2,1-5H3;5-7H2,1-4H3;2*7H,4-6H2,1-3H3;10*1H4. The van der Waals surface area contributed by atoms with Crippen molar-refractivity contribution in [2.45, 2.75) is 312 Å². The summed E-state index contributed by atoms with van der Waals surface area (Å²) in [5.74, 6) is -4.16. The fourth-order valence-electron chi connectivity index (χ4n) is 6.23. The molecule has 22 heteroatoms. The Kier molecular flexibility index (Phi) is 51.6. The van der Waals surface area contributed by atoms with E-state index in [1.54, 1.807) is 34.6 Å². The van der Waals surface area contributed by atoms with Crippen LogP contribution in [0.1, 0.15) is 277 Å². The van der Waals surface area contributed by atoms with Crippen LogP contribution in [0.5, 0.6) is 0 Å². The maximum absolute atomic E-state index is 12.0. The zero-order valence-electron chi connectivity index (χ0n) is 51.4. The van der Waals surface area contributed by atoms with Crippen molar-refractivity contribution in [3.8, 4) is 0 Å². The van der Waals surface area contributed by atoms with E-state index in [1.807, 2.05) is 90.0 Å². The van der Waals surface area contributed by atoms with Gasteiger partial charge in [-0.15, -0.1) is 0 Å². The lowest BCUT2D eigenvalue weighted by Gasteiger charge is -2.33. The highest BCUT2D eigenvalue weighted by Gasteiger charge is 2.45. The summed E-state index contributed by atoms with van der Waals surface area (Å²) in [4.78, 5) is 126. The molecule has 0 N–H and O–H groups in total. The topological polar surface area (TPSA) is 289 Å². The molecule has 90 heavy (non-hydrogen) atoms. The Bertz CT molecular complexity index is 2200. The summed E-state index contributed by atoms with van der Waals surface area (Å²) in [6.07, 6.45) is 2.91. The highest BCUT2D eigenvalue weighted by molar-refractivity contribution is 5.87. The summed E-state index contributed by atoms with van der Waals surface area (Å²) in [5, 5.41) is 0. The quantitative estimate of drug-likeness (QED) is 0.0910. The minimum Gasteiger partial charge on any atom is -0.465 e. The SMILES string of the molecule is C.C.C.C.C.C.C.C.C.C.CCC(C)(C)C(=O)OC(C)(C)C(=O)OC1CCOC1=O.CCC(C)(C)C(=O)OC(C)(C)C1COC(=O)C1.CCC(C)(C)C(=O)OC1(C)COC(=O)C1.CCC(C)(C)C(=O)OC1CCOC1=O.CCC(C)(C)C(=O)OC1COC(=O)C1. The Hall–Kier alpha value is -5.83. The van der Waals surface area contributed by atoms with E-state index < -0.39 is 80.0 Å². The molecule has 0 bridgehead atoms. The Morgan fingerprint density at radius 3 is 1.09 bits per heavy atom. The van der Waals surface area contributed by atoms with Gasteiger partial charge in [0.05, 0.1) is 66.2 Å². The molecule has 5 unspecified atom stereocenters. The van der Waals surface area contributed by atoms with Crippen LogP contribution in [-0.4, -0.2) is 134 Å². The van der Waals surface area contributed by atoms with Crippen LogP contribution in [-0.2, 0) is 105 Å². The van der Waals surface area contributed by atoms with E-state index in [1.165, 1.54) is 13.8 Å². The van der Waals surface area contributed by atoms with Crippen molar-refractivity contribution in [1.29, 1.82) is 0 Å². The number of hydrogen-bond acceptors (Lipinski definition) is 22. The van der Waals surface area contributed by atoms with Gasteiger partial charge in [0.1, 0.15) is 24.9 Å². The number of rotatable bonds is 18. The van der Waals surface area contributed by atoms with E-state index in [0.29, 0.717) is 58.2 Å². The van der Waals surface area contributed by atoms with Crippen LogP contribution in [0, 0.1) is 33.0 Å². The molecule has 0 radical (unpaired) electrons. The summed E-state index contributed by atoms with van der Waals surface area (Å²) in [5.41, 5.74) is -5.55. The molecule has 0 aromatic rings. The molecule has 5 saturated heterocycles. The Labute approximate surface area is 546 Å². The van der Waals surface area contributed by atoms with Crippen molar-refractivity contribution in [3.63, 3.8) is 0 Å². The van der Waals surface area contributed by atoms with E-state index in [0.717, 1.165) is 6.42 Å². The van der Waals surface area contributed by atoms with Crippen molar-refractivity contribution in [2.75, 3.05) is 33.0 Å². The first-order chi connectivity index (χ1) is 36.5. The van der Waals surface area contributed by atoms with Crippen LogP contribution in [0.25, 0.3) is 0 Å². The fourth-order valence-corrected chi connectivity index (χ4v) is 6.23. The summed E-state index contributed by atoms with van der Waals surface area (Å²) in [6, 6.07) is 0. The molecule has 5 atom stereocenters. The summed E-state index contributed by atoms with van der Waals surface area (Å²) < 4.78 is 55.2. The third-order valence-electron chi connectivity index (χ3n) is 15.0. The highest BCUT2D eigenvalue weighted by atomic mass is 16.6. The van der Waals surface area contributed by atoms with Crippen LogP contribution < -0.4 is 0 Å². The zero-order chi connectivity index (χ0) is 62.0. The first-order valence-electron chi connectivity index (χ1n) is 27.6. The second-order valence-electron chi connectivity index (χ2n) is 25.0. The molecular weight excluding hydrogens is 1170 g/mol. The predicted octanol–water partition coefficient (Wildman–Crippen LogP) is 14.5. The monoisotopic (exact) mass is 1300 g/mol. The van der Waals surface area contributed by atoms with E-state index in [2.05, 4.69) is 0 Å². The first-order valence-corrected chi connectivity index (χ1v) is 27.6. The average Bonchev–Trinajstić information content (AvgIpc) is 4.24. The molecule has 5 aliphatic rings. The zero-order valence-corrected chi connectivity index (χ0v) is 51.4. The molecule has 0 saturated carbocycles. The third kappa shape index (κ3) is 33.5. The van der Waals surface area contributed by atoms with Gasteiger partial charge in [-0.25, -0.2) is 14.4 Å². The number of hydrogen-bond donors (Lipinski definition) is 0. The van der Waals surface area contributed by atoms with Gasteiger partial charge in [0.2, 0.25) is 17.8 Å². The van der Waals surface area contributed by atoms with Crippen molar-refractivity contribution in [2.24, 2.45) is 33.0 Å². The Balaban J connectivity index is -0.000000109. The van der Waals surface area contributed by atoms with Crippen molar-refractivity contribution in [3.05, 3.63) is 0 Å². The number of esters is 11. The molecule has 5 fully saturated rings. The average molecular weight is 1300 g/mol. The lowest BCUT2D eigenvalue weighted by atomic mass is 9.87. The van der Waals surface area contributed by atoms with E-state index in [4.69, 9.17) is 52.1 Å². The number of carbonyl (C=O) groups excluding carboxylic acids is 11. The van der Waals surface area contributed by atoms with Gasteiger partial charge in [-0.3, -0.25) is 38.4 Å². The van der Waals surface area contributed by atoms with Crippen LogP contribution in [0.3, 0.4) is 0 Å². The molecule has 5 aliphatic heterocycles. The van der Waals surface area contributed by atoms with Gasteiger partial charge in [-0.2, -0.15) is 0 Å². The first kappa shape index (κ1) is 106. The predicted molar refractivity (Wildman–Crippen MR) is 354 cm³/mol. The van der Waals surface area contributed by atoms with Gasteiger partial charge in [0.25, 0.3) is 0 Å². The van der Waals surface area contributed by atoms with Gasteiger partial charge < -0.3 is 52.1 Å². The van der Waals surface area contributed by atoms with Crippen LogP contribution in [0.4, 0.5) is 0 Å². The molecule has 0 amide bonds. The minimum atomic E-state index is -1.44. The second-order valence-corrected chi connectivity index (χ2v) is 25.0. The third-order valence-corrected chi connectivity index (χ3v) is 15.0. The van der Waals surface area contributed by atoms with Crippen molar-refractivity contribution < 1.29 is 105 Å². The number of carbonyl (C=O) groups is 11. The molecular formula is C68H134O22. The van der Waals surface area contributed by atoms with Gasteiger partial charge in [0.15, 0.2) is 5.60 Å². The smallest absolute Gasteiger partial charge is 0.350 e. The van der Waals surface area contributed by atoms with Gasteiger partial charge in [0, 0.05) is 18.8 Å². The normalized spacial score (nSPS) is 19.5. The fraction of sp³-hybridized carbons (Fsp3) is 0.838. The molecule has 22 nitrogen and oxygen atoms in total. The Morgan fingerprint density at radius 2 is 0.767 bits per heavy atom.